The number of benzene rings is 1. The highest BCUT2D eigenvalue weighted by Gasteiger charge is 2.62. The molecule has 1 aromatic heterocycles. The summed E-state index contributed by atoms with van der Waals surface area (Å²) >= 11 is 12.5. The van der Waals surface area contributed by atoms with E-state index in [2.05, 4.69) is 10.3 Å². The number of halogens is 2. The lowest BCUT2D eigenvalue weighted by molar-refractivity contribution is -0.132. The molecule has 1 saturated heterocycles. The second-order valence-electron chi connectivity index (χ2n) is 11.3. The molecule has 1 aliphatic heterocycles. The van der Waals surface area contributed by atoms with Crippen molar-refractivity contribution >= 4 is 57.5 Å². The van der Waals surface area contributed by atoms with E-state index < -0.39 is 12.1 Å². The molecule has 4 fully saturated rings. The summed E-state index contributed by atoms with van der Waals surface area (Å²) < 4.78 is 0. The predicted octanol–water partition coefficient (Wildman–Crippen LogP) is 4.79. The third-order valence-corrected chi connectivity index (χ3v) is 9.75. The van der Waals surface area contributed by atoms with E-state index in [4.69, 9.17) is 23.2 Å². The topological polar surface area (TPSA) is 99.3 Å². The van der Waals surface area contributed by atoms with Crippen LogP contribution in [0.5, 0.6) is 0 Å². The van der Waals surface area contributed by atoms with Gasteiger partial charge in [-0.3, -0.25) is 19.2 Å². The monoisotopic (exact) mass is 543 g/mol. The first-order valence-corrected chi connectivity index (χ1v) is 14.1. The van der Waals surface area contributed by atoms with Crippen LogP contribution in [0.15, 0.2) is 18.2 Å². The zero-order chi connectivity index (χ0) is 26.0. The van der Waals surface area contributed by atoms with Crippen LogP contribution in [-0.2, 0) is 14.4 Å². The lowest BCUT2D eigenvalue weighted by Crippen LogP contribution is -2.53. The molecule has 0 bridgehead atoms. The molecule has 3 aliphatic carbocycles. The van der Waals surface area contributed by atoms with Crippen molar-refractivity contribution in [3.63, 3.8) is 0 Å². The largest absolute Gasteiger partial charge is 0.350 e. The van der Waals surface area contributed by atoms with Gasteiger partial charge in [0.2, 0.25) is 5.91 Å². The van der Waals surface area contributed by atoms with Gasteiger partial charge in [-0.15, -0.1) is 0 Å². The highest BCUT2D eigenvalue weighted by atomic mass is 35.5. The molecule has 7 unspecified atom stereocenters. The van der Waals surface area contributed by atoms with Gasteiger partial charge in [-0.25, -0.2) is 0 Å². The number of amides is 2. The van der Waals surface area contributed by atoms with E-state index in [-0.39, 0.29) is 41.6 Å². The van der Waals surface area contributed by atoms with Gasteiger partial charge in [0, 0.05) is 41.2 Å². The Morgan fingerprint density at radius 1 is 1.14 bits per heavy atom. The molecule has 1 aromatic carbocycles. The molecule has 37 heavy (non-hydrogen) atoms. The van der Waals surface area contributed by atoms with Crippen molar-refractivity contribution in [3.8, 4) is 0 Å². The standard InChI is InChI=1S/C28H31Cl2N3O4/c1-2-24(34)22(8-13-4-3-5-25(13)35)32-27(36)26-17-7-14-6-16(14)19(17)12-33(26)28(37)23-11-18-20(30)9-15(29)10-21(18)31-23/h9-11,13-14,16-17,19,22,26,31H,2-8,12H2,1H3,(H,32,36). The van der Waals surface area contributed by atoms with E-state index in [1.54, 1.807) is 30.0 Å². The third-order valence-electron chi connectivity index (χ3n) is 9.22. The molecule has 196 valence electrons. The first-order valence-electron chi connectivity index (χ1n) is 13.4. The van der Waals surface area contributed by atoms with E-state index in [1.807, 2.05) is 0 Å². The molecule has 9 heteroatoms. The van der Waals surface area contributed by atoms with Gasteiger partial charge in [-0.2, -0.15) is 0 Å². The van der Waals surface area contributed by atoms with Crippen molar-refractivity contribution in [2.24, 2.45) is 29.6 Å². The van der Waals surface area contributed by atoms with Crippen LogP contribution in [0.3, 0.4) is 0 Å². The maximum atomic E-state index is 13.8. The number of hydrogen-bond acceptors (Lipinski definition) is 4. The lowest BCUT2D eigenvalue weighted by Gasteiger charge is -2.29. The molecule has 0 radical (unpaired) electrons. The first-order chi connectivity index (χ1) is 17.7. The van der Waals surface area contributed by atoms with Crippen LogP contribution in [0.1, 0.15) is 62.4 Å². The van der Waals surface area contributed by atoms with E-state index in [0.717, 1.165) is 19.3 Å². The maximum absolute atomic E-state index is 13.8. The van der Waals surface area contributed by atoms with Gasteiger partial charge in [-0.1, -0.05) is 30.1 Å². The molecular formula is C28H31Cl2N3O4. The molecule has 7 nitrogen and oxygen atoms in total. The lowest BCUT2D eigenvalue weighted by atomic mass is 9.88. The molecule has 2 aromatic rings. The van der Waals surface area contributed by atoms with Crippen LogP contribution in [-0.4, -0.2) is 51.9 Å². The summed E-state index contributed by atoms with van der Waals surface area (Å²) in [7, 11) is 0. The van der Waals surface area contributed by atoms with Gasteiger partial charge >= 0.3 is 0 Å². The Morgan fingerprint density at radius 2 is 1.92 bits per heavy atom. The minimum absolute atomic E-state index is 0.0723. The molecule has 6 rings (SSSR count). The second kappa shape index (κ2) is 9.42. The molecule has 7 atom stereocenters. The summed E-state index contributed by atoms with van der Waals surface area (Å²) in [4.78, 5) is 57.5. The Morgan fingerprint density at radius 3 is 2.65 bits per heavy atom. The van der Waals surface area contributed by atoms with Gasteiger partial charge in [0.05, 0.1) is 11.1 Å². The SMILES string of the molecule is CCC(=O)C(CC1CCCC1=O)NC(=O)C1C2CC3CC3C2CN1C(=O)c1cc2c(Cl)cc(Cl)cc2[nH]1. The van der Waals surface area contributed by atoms with Gasteiger partial charge in [0.25, 0.3) is 5.91 Å². The minimum atomic E-state index is -0.703. The van der Waals surface area contributed by atoms with Gasteiger partial charge in [-0.05, 0) is 74.0 Å². The Balaban J connectivity index is 1.27. The number of ketones is 2. The average molecular weight is 544 g/mol. The number of Topliss-reactive ketones (excluding diaryl/α,β-unsaturated/α-hetero) is 2. The molecular weight excluding hydrogens is 513 g/mol. The van der Waals surface area contributed by atoms with Crippen molar-refractivity contribution in [1.29, 1.82) is 0 Å². The van der Waals surface area contributed by atoms with Crippen molar-refractivity contribution in [3.05, 3.63) is 33.9 Å². The van der Waals surface area contributed by atoms with E-state index in [0.29, 0.717) is 63.8 Å². The van der Waals surface area contributed by atoms with Gasteiger partial charge in [0.1, 0.15) is 17.5 Å². The Hall–Kier alpha value is -2.38. The molecule has 2 N–H and O–H groups in total. The number of carbonyl (C=O) groups excluding carboxylic acids is 4. The second-order valence-corrected chi connectivity index (χ2v) is 12.2. The predicted molar refractivity (Wildman–Crippen MR) is 141 cm³/mol. The summed E-state index contributed by atoms with van der Waals surface area (Å²) in [5.41, 5.74) is 1.03. The quantitative estimate of drug-likeness (QED) is 0.524. The normalized spacial score (nSPS) is 30.9. The number of carbonyl (C=O) groups is 4. The number of fused-ring (bicyclic) bond motifs is 4. The summed E-state index contributed by atoms with van der Waals surface area (Å²) in [6.45, 7) is 2.30. The maximum Gasteiger partial charge on any atom is 0.271 e. The van der Waals surface area contributed by atoms with Crippen LogP contribution >= 0.6 is 23.2 Å². The number of H-pyrrole nitrogens is 1. The van der Waals surface area contributed by atoms with E-state index in [1.165, 1.54) is 6.42 Å². The van der Waals surface area contributed by atoms with Crippen LogP contribution < -0.4 is 5.32 Å². The number of aromatic amines is 1. The van der Waals surface area contributed by atoms with Crippen molar-refractivity contribution < 1.29 is 19.2 Å². The van der Waals surface area contributed by atoms with Crippen molar-refractivity contribution in [2.45, 2.75) is 64.0 Å². The molecule has 4 aliphatic rings. The fourth-order valence-electron chi connectivity index (χ4n) is 7.29. The van der Waals surface area contributed by atoms with Crippen LogP contribution in [0.2, 0.25) is 10.0 Å². The van der Waals surface area contributed by atoms with Crippen molar-refractivity contribution in [1.82, 2.24) is 15.2 Å². The smallest absolute Gasteiger partial charge is 0.271 e. The molecule has 3 saturated carbocycles. The minimum Gasteiger partial charge on any atom is -0.350 e. The first kappa shape index (κ1) is 24.9. The number of rotatable bonds is 7. The zero-order valence-electron chi connectivity index (χ0n) is 20.8. The summed E-state index contributed by atoms with van der Waals surface area (Å²) in [6, 6.07) is 3.74. The highest BCUT2D eigenvalue weighted by molar-refractivity contribution is 6.38. The fraction of sp³-hybridized carbons (Fsp3) is 0.571. The average Bonchev–Trinajstić information content (AvgIpc) is 3.22. The highest BCUT2D eigenvalue weighted by Crippen LogP contribution is 2.62. The molecule has 2 amide bonds. The van der Waals surface area contributed by atoms with Gasteiger partial charge < -0.3 is 15.2 Å². The summed E-state index contributed by atoms with van der Waals surface area (Å²) in [5.74, 6) is 0.975. The number of aromatic nitrogens is 1. The third kappa shape index (κ3) is 4.38. The summed E-state index contributed by atoms with van der Waals surface area (Å²) in [5, 5.41) is 4.62. The number of likely N-dealkylation sites (tertiary alicyclic amines) is 1. The van der Waals surface area contributed by atoms with Crippen molar-refractivity contribution in [2.75, 3.05) is 6.54 Å². The zero-order valence-corrected chi connectivity index (χ0v) is 22.3. The number of hydrogen-bond donors (Lipinski definition) is 2. The molecule has 0 spiro atoms. The Kier molecular flexibility index (Phi) is 6.35. The Bertz CT molecular complexity index is 1310. The molecule has 2 heterocycles. The number of nitrogens with zero attached hydrogens (tertiary/aromatic N) is 1. The number of nitrogens with one attached hydrogen (secondary N) is 2. The van der Waals surface area contributed by atoms with E-state index >= 15 is 0 Å². The van der Waals surface area contributed by atoms with Crippen LogP contribution in [0, 0.1) is 29.6 Å². The van der Waals surface area contributed by atoms with Gasteiger partial charge in [0.15, 0.2) is 5.78 Å². The van der Waals surface area contributed by atoms with E-state index in [9.17, 15) is 19.2 Å². The van der Waals surface area contributed by atoms with Crippen LogP contribution in [0.4, 0.5) is 0 Å². The fourth-order valence-corrected chi connectivity index (χ4v) is 7.83. The van der Waals surface area contributed by atoms with Crippen LogP contribution in [0.25, 0.3) is 10.9 Å². The summed E-state index contributed by atoms with van der Waals surface area (Å²) in [6.07, 6.45) is 4.87. The Labute approximate surface area is 225 Å².